The molecule has 31 heavy (non-hydrogen) atoms. The van der Waals surface area contributed by atoms with Gasteiger partial charge in [-0.05, 0) is 38.1 Å². The smallest absolute Gasteiger partial charge is 0.261 e. The van der Waals surface area contributed by atoms with Gasteiger partial charge in [-0.1, -0.05) is 29.8 Å². The molecule has 162 valence electrons. The molecule has 0 unspecified atom stereocenters. The molecular formula is C21H21ClN4O4S. The quantitative estimate of drug-likeness (QED) is 0.466. The van der Waals surface area contributed by atoms with E-state index >= 15 is 0 Å². The standard InChI is InChI=1S/C21H21ClN4O4S/c1-21(2,28)13-25-20(27)16-8-14(10-23-11-16)15-9-18(19(22)24-12-15)26-31(29,30)17-6-4-3-5-7-17/h3-12,26,28H,13H2,1-2H3,(H,25,27). The van der Waals surface area contributed by atoms with E-state index in [1.165, 1.54) is 36.8 Å². The maximum atomic E-state index is 12.6. The van der Waals surface area contributed by atoms with Crippen LogP contribution in [0.1, 0.15) is 24.2 Å². The third-order valence-electron chi connectivity index (χ3n) is 4.15. The fraction of sp³-hybridized carbons (Fsp3) is 0.190. The average Bonchev–Trinajstić information content (AvgIpc) is 2.73. The van der Waals surface area contributed by atoms with Crippen molar-refractivity contribution in [1.82, 2.24) is 15.3 Å². The van der Waals surface area contributed by atoms with Crippen LogP contribution in [-0.4, -0.2) is 41.5 Å². The number of carbonyl (C=O) groups excluding carboxylic acids is 1. The van der Waals surface area contributed by atoms with Gasteiger partial charge in [-0.15, -0.1) is 0 Å². The molecule has 2 aromatic heterocycles. The third-order valence-corrected chi connectivity index (χ3v) is 5.83. The van der Waals surface area contributed by atoms with Gasteiger partial charge in [0.15, 0.2) is 5.15 Å². The Morgan fingerprint density at radius 3 is 2.45 bits per heavy atom. The van der Waals surface area contributed by atoms with Crippen LogP contribution >= 0.6 is 11.6 Å². The number of benzene rings is 1. The molecule has 3 rings (SSSR count). The highest BCUT2D eigenvalue weighted by atomic mass is 35.5. The molecule has 0 bridgehead atoms. The van der Waals surface area contributed by atoms with Gasteiger partial charge in [-0.2, -0.15) is 0 Å². The van der Waals surface area contributed by atoms with Crippen LogP contribution in [-0.2, 0) is 10.0 Å². The van der Waals surface area contributed by atoms with Crippen molar-refractivity contribution in [2.45, 2.75) is 24.3 Å². The zero-order chi connectivity index (χ0) is 22.6. The number of amides is 1. The second-order valence-electron chi connectivity index (χ2n) is 7.44. The van der Waals surface area contributed by atoms with Gasteiger partial charge in [-0.3, -0.25) is 14.5 Å². The summed E-state index contributed by atoms with van der Waals surface area (Å²) >= 11 is 6.10. The number of hydrogen-bond acceptors (Lipinski definition) is 6. The van der Waals surface area contributed by atoms with E-state index < -0.39 is 21.5 Å². The lowest BCUT2D eigenvalue weighted by atomic mass is 10.1. The van der Waals surface area contributed by atoms with Crippen molar-refractivity contribution < 1.29 is 18.3 Å². The normalized spacial score (nSPS) is 11.7. The summed E-state index contributed by atoms with van der Waals surface area (Å²) in [5, 5.41) is 12.4. The lowest BCUT2D eigenvalue weighted by Gasteiger charge is -2.17. The predicted molar refractivity (Wildman–Crippen MR) is 118 cm³/mol. The molecule has 0 radical (unpaired) electrons. The minimum atomic E-state index is -3.86. The number of hydrogen-bond donors (Lipinski definition) is 3. The van der Waals surface area contributed by atoms with Gasteiger partial charge in [0.25, 0.3) is 15.9 Å². The van der Waals surface area contributed by atoms with E-state index in [9.17, 15) is 18.3 Å². The van der Waals surface area contributed by atoms with Crippen LogP contribution < -0.4 is 10.0 Å². The van der Waals surface area contributed by atoms with Crippen LogP contribution in [0.2, 0.25) is 5.15 Å². The lowest BCUT2D eigenvalue weighted by Crippen LogP contribution is -2.38. The topological polar surface area (TPSA) is 121 Å². The Labute approximate surface area is 185 Å². The van der Waals surface area contributed by atoms with Crippen LogP contribution in [0, 0.1) is 0 Å². The first-order chi connectivity index (χ1) is 14.5. The summed E-state index contributed by atoms with van der Waals surface area (Å²) in [5.41, 5.74) is 0.383. The van der Waals surface area contributed by atoms with Gasteiger partial charge in [0.2, 0.25) is 0 Å². The summed E-state index contributed by atoms with van der Waals surface area (Å²) in [6, 6.07) is 11.0. The molecule has 0 aliphatic rings. The fourth-order valence-corrected chi connectivity index (χ4v) is 3.89. The maximum absolute atomic E-state index is 12.6. The van der Waals surface area contributed by atoms with E-state index in [-0.39, 0.29) is 27.8 Å². The molecule has 0 saturated carbocycles. The number of halogens is 1. The highest BCUT2D eigenvalue weighted by Gasteiger charge is 2.18. The van der Waals surface area contributed by atoms with Crippen molar-refractivity contribution in [3.63, 3.8) is 0 Å². The molecule has 0 fully saturated rings. The fourth-order valence-electron chi connectivity index (χ4n) is 2.60. The molecule has 3 N–H and O–H groups in total. The van der Waals surface area contributed by atoms with Crippen molar-refractivity contribution in [3.8, 4) is 11.1 Å². The van der Waals surface area contributed by atoms with Gasteiger partial charge in [0, 0.05) is 36.3 Å². The number of sulfonamides is 1. The van der Waals surface area contributed by atoms with Crippen molar-refractivity contribution >= 4 is 33.2 Å². The molecule has 0 atom stereocenters. The zero-order valence-electron chi connectivity index (χ0n) is 16.8. The Bertz CT molecular complexity index is 1200. The Kier molecular flexibility index (Phi) is 6.59. The first-order valence-electron chi connectivity index (χ1n) is 9.25. The molecule has 0 saturated heterocycles. The molecule has 10 heteroatoms. The van der Waals surface area contributed by atoms with E-state index in [4.69, 9.17) is 11.6 Å². The maximum Gasteiger partial charge on any atom is 0.261 e. The molecule has 2 heterocycles. The molecule has 0 spiro atoms. The number of nitrogens with zero attached hydrogens (tertiary/aromatic N) is 2. The number of anilines is 1. The van der Waals surface area contributed by atoms with E-state index in [2.05, 4.69) is 20.0 Å². The van der Waals surface area contributed by atoms with Gasteiger partial charge < -0.3 is 10.4 Å². The van der Waals surface area contributed by atoms with Gasteiger partial charge in [0.05, 0.1) is 21.7 Å². The molecule has 0 aliphatic heterocycles. The molecule has 0 aliphatic carbocycles. The summed E-state index contributed by atoms with van der Waals surface area (Å²) in [5.74, 6) is -0.400. The van der Waals surface area contributed by atoms with Crippen LogP contribution in [0.25, 0.3) is 11.1 Å². The first-order valence-corrected chi connectivity index (χ1v) is 11.1. The zero-order valence-corrected chi connectivity index (χ0v) is 18.4. The Morgan fingerprint density at radius 1 is 1.10 bits per heavy atom. The minimum absolute atomic E-state index is 0.0182. The number of aromatic nitrogens is 2. The second kappa shape index (κ2) is 9.01. The minimum Gasteiger partial charge on any atom is -0.389 e. The van der Waals surface area contributed by atoms with Crippen LogP contribution in [0.15, 0.2) is 66.0 Å². The SMILES string of the molecule is CC(C)(O)CNC(=O)c1cncc(-c2cnc(Cl)c(NS(=O)(=O)c3ccccc3)c2)c1. The molecular weight excluding hydrogens is 440 g/mol. The van der Waals surface area contributed by atoms with E-state index in [1.807, 2.05) is 0 Å². The van der Waals surface area contributed by atoms with Crippen molar-refractivity contribution in [1.29, 1.82) is 0 Å². The number of rotatable bonds is 7. The number of nitrogens with one attached hydrogen (secondary N) is 2. The van der Waals surface area contributed by atoms with E-state index in [0.717, 1.165) is 0 Å². The number of aliphatic hydroxyl groups is 1. The van der Waals surface area contributed by atoms with E-state index in [0.29, 0.717) is 11.1 Å². The molecule has 1 amide bonds. The molecule has 8 nitrogen and oxygen atoms in total. The first kappa shape index (κ1) is 22.7. The van der Waals surface area contributed by atoms with Crippen molar-refractivity contribution in [2.75, 3.05) is 11.3 Å². The van der Waals surface area contributed by atoms with Gasteiger partial charge in [0.1, 0.15) is 0 Å². The summed E-state index contributed by atoms with van der Waals surface area (Å²) in [7, 11) is -3.86. The van der Waals surface area contributed by atoms with Crippen LogP contribution in [0.3, 0.4) is 0 Å². The van der Waals surface area contributed by atoms with E-state index in [1.54, 1.807) is 38.1 Å². The third kappa shape index (κ3) is 6.00. The highest BCUT2D eigenvalue weighted by molar-refractivity contribution is 7.92. The lowest BCUT2D eigenvalue weighted by molar-refractivity contribution is 0.0694. The summed E-state index contributed by atoms with van der Waals surface area (Å²) in [6.07, 6.45) is 4.37. The Hall–Kier alpha value is -3.01. The molecule has 1 aromatic carbocycles. The summed E-state index contributed by atoms with van der Waals surface area (Å²) < 4.78 is 27.7. The summed E-state index contributed by atoms with van der Waals surface area (Å²) in [6.45, 7) is 3.24. The van der Waals surface area contributed by atoms with Gasteiger partial charge in [-0.25, -0.2) is 13.4 Å². The number of carbonyl (C=O) groups is 1. The van der Waals surface area contributed by atoms with Gasteiger partial charge >= 0.3 is 0 Å². The summed E-state index contributed by atoms with van der Waals surface area (Å²) in [4.78, 5) is 20.6. The van der Waals surface area contributed by atoms with Crippen molar-refractivity contribution in [2.24, 2.45) is 0 Å². The monoisotopic (exact) mass is 460 g/mol. The second-order valence-corrected chi connectivity index (χ2v) is 9.48. The largest absolute Gasteiger partial charge is 0.389 e. The van der Waals surface area contributed by atoms with Crippen LogP contribution in [0.4, 0.5) is 5.69 Å². The van der Waals surface area contributed by atoms with Crippen LogP contribution in [0.5, 0.6) is 0 Å². The molecule has 3 aromatic rings. The Morgan fingerprint density at radius 2 is 1.77 bits per heavy atom. The Balaban J connectivity index is 1.87. The van der Waals surface area contributed by atoms with Crippen molar-refractivity contribution in [3.05, 3.63) is 71.8 Å². The number of pyridine rings is 2. The predicted octanol–water partition coefficient (Wildman–Crippen LogP) is 3.10. The average molecular weight is 461 g/mol. The highest BCUT2D eigenvalue weighted by Crippen LogP contribution is 2.28.